The number of aryl methyl sites for hydroxylation is 1. The molecule has 0 saturated heterocycles. The van der Waals surface area contributed by atoms with Crippen LogP contribution in [-0.2, 0) is 11.3 Å². The van der Waals surface area contributed by atoms with Crippen LogP contribution < -0.4 is 10.6 Å². The lowest BCUT2D eigenvalue weighted by Gasteiger charge is -2.10. The van der Waals surface area contributed by atoms with Crippen molar-refractivity contribution < 1.29 is 14.0 Å². The quantitative estimate of drug-likeness (QED) is 0.593. The van der Waals surface area contributed by atoms with Gasteiger partial charge in [0.15, 0.2) is 11.0 Å². The molecule has 0 aliphatic carbocycles. The summed E-state index contributed by atoms with van der Waals surface area (Å²) in [6.07, 6.45) is 1.81. The number of nitrogens with one attached hydrogen (secondary N) is 2. The van der Waals surface area contributed by atoms with E-state index in [1.807, 2.05) is 47.9 Å². The lowest BCUT2D eigenvalue weighted by molar-refractivity contribution is -0.119. The van der Waals surface area contributed by atoms with Gasteiger partial charge in [-0.15, -0.1) is 10.2 Å². The molecule has 3 aromatic rings. The number of imide groups is 1. The molecule has 2 N–H and O–H groups in total. The number of carbonyl (C=O) groups excluding carboxylic acids is 2. The lowest BCUT2D eigenvalue weighted by atomic mass is 10.1. The molecule has 0 radical (unpaired) electrons. The minimum absolute atomic E-state index is 0.186. The zero-order valence-electron chi connectivity index (χ0n) is 15.6. The first-order valence-electron chi connectivity index (χ1n) is 8.74. The molecule has 0 bridgehead atoms. The molecule has 0 aliphatic heterocycles. The molecule has 8 nitrogen and oxygen atoms in total. The Labute approximate surface area is 166 Å². The molecule has 0 saturated carbocycles. The molecule has 3 rings (SSSR count). The van der Waals surface area contributed by atoms with Crippen molar-refractivity contribution in [2.24, 2.45) is 0 Å². The van der Waals surface area contributed by atoms with Crippen LogP contribution in [-0.4, -0.2) is 39.5 Å². The maximum absolute atomic E-state index is 11.8. The molecular formula is C19H21N5O3S. The summed E-state index contributed by atoms with van der Waals surface area (Å²) < 4.78 is 7.46. The minimum Gasteiger partial charge on any atom is -0.467 e. The predicted molar refractivity (Wildman–Crippen MR) is 106 cm³/mol. The Morgan fingerprint density at radius 3 is 2.71 bits per heavy atom. The van der Waals surface area contributed by atoms with Crippen LogP contribution in [0.25, 0.3) is 11.4 Å². The molecule has 2 heterocycles. The van der Waals surface area contributed by atoms with E-state index in [1.165, 1.54) is 18.8 Å². The first kappa shape index (κ1) is 19.7. The Balaban J connectivity index is 1.78. The number of hydrogen-bond acceptors (Lipinski definition) is 6. The van der Waals surface area contributed by atoms with E-state index in [-0.39, 0.29) is 12.3 Å². The number of urea groups is 1. The Hall–Kier alpha value is -3.07. The SMILES string of the molecule is CNC(=O)NC(=O)CCSc1nnc(-c2ccccc2C)n1Cc1ccco1. The summed E-state index contributed by atoms with van der Waals surface area (Å²) in [6, 6.07) is 11.2. The zero-order chi connectivity index (χ0) is 19.9. The maximum atomic E-state index is 11.8. The van der Waals surface area contributed by atoms with Crippen molar-refractivity contribution >= 4 is 23.7 Å². The van der Waals surface area contributed by atoms with E-state index in [0.717, 1.165) is 22.7 Å². The molecule has 146 valence electrons. The van der Waals surface area contributed by atoms with E-state index in [0.29, 0.717) is 17.5 Å². The third-order valence-electron chi connectivity index (χ3n) is 4.04. The van der Waals surface area contributed by atoms with Crippen LogP contribution in [0, 0.1) is 6.92 Å². The van der Waals surface area contributed by atoms with E-state index < -0.39 is 6.03 Å². The Morgan fingerprint density at radius 2 is 2.00 bits per heavy atom. The standard InChI is InChI=1S/C19H21N5O3S/c1-13-6-3-4-8-15(13)17-22-23-19(24(17)12-14-7-5-10-27-14)28-11-9-16(25)21-18(26)20-2/h3-8,10H,9,11-12H2,1-2H3,(H2,20,21,25,26). The predicted octanol–water partition coefficient (Wildman–Crippen LogP) is 2.83. The Bertz CT molecular complexity index is 952. The van der Waals surface area contributed by atoms with Gasteiger partial charge in [-0.25, -0.2) is 4.79 Å². The summed E-state index contributed by atoms with van der Waals surface area (Å²) in [5.41, 5.74) is 2.09. The number of nitrogens with zero attached hydrogens (tertiary/aromatic N) is 3. The minimum atomic E-state index is -0.516. The fraction of sp³-hybridized carbons (Fsp3) is 0.263. The summed E-state index contributed by atoms with van der Waals surface area (Å²) in [7, 11) is 1.46. The van der Waals surface area contributed by atoms with Gasteiger partial charge in [0.1, 0.15) is 5.76 Å². The summed E-state index contributed by atoms with van der Waals surface area (Å²) >= 11 is 1.41. The van der Waals surface area contributed by atoms with E-state index in [1.54, 1.807) is 6.26 Å². The van der Waals surface area contributed by atoms with Crippen LogP contribution >= 0.6 is 11.8 Å². The van der Waals surface area contributed by atoms with Crippen molar-refractivity contribution in [2.45, 2.75) is 25.0 Å². The molecule has 0 atom stereocenters. The molecule has 9 heteroatoms. The van der Waals surface area contributed by atoms with Crippen LogP contribution in [0.2, 0.25) is 0 Å². The number of amides is 3. The number of aromatic nitrogens is 3. The summed E-state index contributed by atoms with van der Waals surface area (Å²) in [6.45, 7) is 2.51. The van der Waals surface area contributed by atoms with Crippen molar-refractivity contribution in [3.8, 4) is 11.4 Å². The van der Waals surface area contributed by atoms with E-state index in [2.05, 4.69) is 20.8 Å². The van der Waals surface area contributed by atoms with Gasteiger partial charge in [0.2, 0.25) is 5.91 Å². The van der Waals surface area contributed by atoms with Crippen LogP contribution in [0.1, 0.15) is 17.7 Å². The fourth-order valence-corrected chi connectivity index (χ4v) is 3.48. The van der Waals surface area contributed by atoms with Crippen molar-refractivity contribution in [3.05, 3.63) is 54.0 Å². The monoisotopic (exact) mass is 399 g/mol. The van der Waals surface area contributed by atoms with E-state index >= 15 is 0 Å². The number of furan rings is 1. The van der Waals surface area contributed by atoms with Crippen LogP contribution in [0.3, 0.4) is 0 Å². The Kier molecular flexibility index (Phi) is 6.49. The molecule has 3 amide bonds. The van der Waals surface area contributed by atoms with Gasteiger partial charge in [-0.05, 0) is 24.6 Å². The molecule has 2 aromatic heterocycles. The van der Waals surface area contributed by atoms with E-state index in [9.17, 15) is 9.59 Å². The second-order valence-electron chi connectivity index (χ2n) is 6.01. The van der Waals surface area contributed by atoms with Gasteiger partial charge in [0.25, 0.3) is 0 Å². The summed E-state index contributed by atoms with van der Waals surface area (Å²) in [5, 5.41) is 14.0. The van der Waals surface area contributed by atoms with Crippen molar-refractivity contribution in [2.75, 3.05) is 12.8 Å². The summed E-state index contributed by atoms with van der Waals surface area (Å²) in [5.74, 6) is 1.65. The van der Waals surface area contributed by atoms with Crippen molar-refractivity contribution in [1.82, 2.24) is 25.4 Å². The van der Waals surface area contributed by atoms with Crippen LogP contribution in [0.4, 0.5) is 4.79 Å². The molecule has 1 aromatic carbocycles. The average molecular weight is 399 g/mol. The van der Waals surface area contributed by atoms with Gasteiger partial charge >= 0.3 is 6.03 Å². The lowest BCUT2D eigenvalue weighted by Crippen LogP contribution is -2.37. The largest absolute Gasteiger partial charge is 0.467 e. The normalized spacial score (nSPS) is 10.6. The van der Waals surface area contributed by atoms with Crippen molar-refractivity contribution in [3.63, 3.8) is 0 Å². The van der Waals surface area contributed by atoms with Gasteiger partial charge in [-0.1, -0.05) is 36.0 Å². The number of rotatable bonds is 7. The number of carbonyl (C=O) groups is 2. The van der Waals surface area contributed by atoms with Crippen molar-refractivity contribution in [1.29, 1.82) is 0 Å². The molecule has 0 unspecified atom stereocenters. The number of hydrogen-bond donors (Lipinski definition) is 2. The Morgan fingerprint density at radius 1 is 1.18 bits per heavy atom. The van der Waals surface area contributed by atoms with Gasteiger partial charge in [-0.3, -0.25) is 14.7 Å². The molecule has 0 aliphatic rings. The summed E-state index contributed by atoms with van der Waals surface area (Å²) in [4.78, 5) is 23.0. The van der Waals surface area contributed by atoms with Crippen LogP contribution in [0.5, 0.6) is 0 Å². The van der Waals surface area contributed by atoms with Gasteiger partial charge in [-0.2, -0.15) is 0 Å². The third-order valence-corrected chi connectivity index (χ3v) is 5.01. The molecule has 0 spiro atoms. The fourth-order valence-electron chi connectivity index (χ4n) is 2.61. The van der Waals surface area contributed by atoms with E-state index in [4.69, 9.17) is 4.42 Å². The van der Waals surface area contributed by atoms with Gasteiger partial charge in [0.05, 0.1) is 12.8 Å². The highest BCUT2D eigenvalue weighted by Crippen LogP contribution is 2.27. The third kappa shape index (κ3) is 4.80. The number of thioether (sulfide) groups is 1. The highest BCUT2D eigenvalue weighted by Gasteiger charge is 2.17. The maximum Gasteiger partial charge on any atom is 0.321 e. The topological polar surface area (TPSA) is 102 Å². The molecular weight excluding hydrogens is 378 g/mol. The first-order valence-corrected chi connectivity index (χ1v) is 9.73. The molecule has 0 fully saturated rings. The van der Waals surface area contributed by atoms with Crippen LogP contribution in [0.15, 0.2) is 52.2 Å². The second kappa shape index (κ2) is 9.23. The van der Waals surface area contributed by atoms with Gasteiger partial charge in [0, 0.05) is 24.8 Å². The highest BCUT2D eigenvalue weighted by molar-refractivity contribution is 7.99. The average Bonchev–Trinajstić information content (AvgIpc) is 3.33. The molecule has 28 heavy (non-hydrogen) atoms. The smallest absolute Gasteiger partial charge is 0.321 e. The highest BCUT2D eigenvalue weighted by atomic mass is 32.2. The first-order chi connectivity index (χ1) is 13.6. The second-order valence-corrected chi connectivity index (χ2v) is 7.07. The zero-order valence-corrected chi connectivity index (χ0v) is 16.5. The van der Waals surface area contributed by atoms with Gasteiger partial charge < -0.3 is 9.73 Å². The number of benzene rings is 1.